The van der Waals surface area contributed by atoms with Gasteiger partial charge in [0, 0.05) is 18.5 Å². The first kappa shape index (κ1) is 13.4. The van der Waals surface area contributed by atoms with E-state index in [0.717, 1.165) is 30.6 Å². The SMILES string of the molecule is Cc1noc([C@H]2COCCN2Cc2ccc3cn[nH]c3c2)n1. The van der Waals surface area contributed by atoms with Gasteiger partial charge in [-0.25, -0.2) is 0 Å². The molecular formula is C15H17N5O2. The molecule has 1 fully saturated rings. The lowest BCUT2D eigenvalue weighted by atomic mass is 10.1. The van der Waals surface area contributed by atoms with E-state index in [1.807, 2.05) is 13.1 Å². The van der Waals surface area contributed by atoms with Gasteiger partial charge in [-0.2, -0.15) is 10.1 Å². The average Bonchev–Trinajstić information content (AvgIpc) is 3.16. The van der Waals surface area contributed by atoms with E-state index in [1.165, 1.54) is 5.56 Å². The summed E-state index contributed by atoms with van der Waals surface area (Å²) in [6.07, 6.45) is 1.83. The van der Waals surface area contributed by atoms with Gasteiger partial charge in [-0.15, -0.1) is 0 Å². The molecule has 0 spiro atoms. The third-order valence-corrected chi connectivity index (χ3v) is 3.96. The van der Waals surface area contributed by atoms with Crippen LogP contribution in [0.4, 0.5) is 0 Å². The molecule has 0 saturated carbocycles. The van der Waals surface area contributed by atoms with Crippen LogP contribution < -0.4 is 0 Å². The first-order chi connectivity index (χ1) is 10.8. The Bertz CT molecular complexity index is 781. The van der Waals surface area contributed by atoms with E-state index in [9.17, 15) is 0 Å². The molecule has 1 atom stereocenters. The number of hydrogen-bond acceptors (Lipinski definition) is 6. The normalized spacial score (nSPS) is 19.8. The Balaban J connectivity index is 1.58. The topological polar surface area (TPSA) is 80.1 Å². The van der Waals surface area contributed by atoms with Gasteiger partial charge < -0.3 is 9.26 Å². The van der Waals surface area contributed by atoms with Gasteiger partial charge in [-0.3, -0.25) is 10.00 Å². The van der Waals surface area contributed by atoms with E-state index < -0.39 is 0 Å². The number of rotatable bonds is 3. The molecule has 0 unspecified atom stereocenters. The Morgan fingerprint density at radius 1 is 1.41 bits per heavy atom. The highest BCUT2D eigenvalue weighted by Crippen LogP contribution is 2.25. The maximum atomic E-state index is 5.59. The molecule has 114 valence electrons. The smallest absolute Gasteiger partial charge is 0.246 e. The highest BCUT2D eigenvalue weighted by Gasteiger charge is 2.29. The molecule has 0 aliphatic carbocycles. The van der Waals surface area contributed by atoms with Gasteiger partial charge in [0.1, 0.15) is 6.04 Å². The van der Waals surface area contributed by atoms with Crippen LogP contribution in [-0.2, 0) is 11.3 Å². The van der Waals surface area contributed by atoms with E-state index >= 15 is 0 Å². The van der Waals surface area contributed by atoms with Crippen molar-refractivity contribution in [2.75, 3.05) is 19.8 Å². The van der Waals surface area contributed by atoms with Crippen LogP contribution in [0.5, 0.6) is 0 Å². The van der Waals surface area contributed by atoms with E-state index in [-0.39, 0.29) is 6.04 Å². The minimum absolute atomic E-state index is 0.00686. The zero-order valence-corrected chi connectivity index (χ0v) is 12.3. The van der Waals surface area contributed by atoms with Crippen molar-refractivity contribution < 1.29 is 9.26 Å². The van der Waals surface area contributed by atoms with Crippen LogP contribution in [0.2, 0.25) is 0 Å². The molecule has 0 radical (unpaired) electrons. The molecule has 1 aromatic carbocycles. The van der Waals surface area contributed by atoms with Crippen molar-refractivity contribution in [2.45, 2.75) is 19.5 Å². The number of nitrogens with zero attached hydrogens (tertiary/aromatic N) is 4. The Labute approximate surface area is 127 Å². The third kappa shape index (κ3) is 2.49. The zero-order chi connectivity index (χ0) is 14.9. The molecule has 0 bridgehead atoms. The molecule has 0 amide bonds. The molecule has 1 aliphatic heterocycles. The summed E-state index contributed by atoms with van der Waals surface area (Å²) in [4.78, 5) is 6.67. The molecular weight excluding hydrogens is 282 g/mol. The number of ether oxygens (including phenoxy) is 1. The molecule has 7 heteroatoms. The number of aryl methyl sites for hydroxylation is 1. The molecule has 1 N–H and O–H groups in total. The summed E-state index contributed by atoms with van der Waals surface area (Å²) in [5, 5.41) is 12.1. The number of aromatic amines is 1. The minimum atomic E-state index is 0.00686. The number of aromatic nitrogens is 4. The second-order valence-electron chi connectivity index (χ2n) is 5.53. The van der Waals surface area contributed by atoms with Crippen LogP contribution >= 0.6 is 0 Å². The fraction of sp³-hybridized carbons (Fsp3) is 0.400. The van der Waals surface area contributed by atoms with Gasteiger partial charge in [0.25, 0.3) is 0 Å². The van der Waals surface area contributed by atoms with Gasteiger partial charge in [-0.1, -0.05) is 17.3 Å². The predicted octanol–water partition coefficient (Wildman–Crippen LogP) is 1.83. The van der Waals surface area contributed by atoms with Gasteiger partial charge in [0.2, 0.25) is 5.89 Å². The van der Waals surface area contributed by atoms with E-state index in [1.54, 1.807) is 0 Å². The molecule has 3 heterocycles. The summed E-state index contributed by atoms with van der Waals surface area (Å²) in [6, 6.07) is 6.35. The van der Waals surface area contributed by atoms with Gasteiger partial charge in [0.05, 0.1) is 24.9 Å². The van der Waals surface area contributed by atoms with Crippen LogP contribution in [0, 0.1) is 6.92 Å². The van der Waals surface area contributed by atoms with Crippen LogP contribution in [0.15, 0.2) is 28.9 Å². The fourth-order valence-electron chi connectivity index (χ4n) is 2.82. The van der Waals surface area contributed by atoms with Crippen molar-refractivity contribution in [2.24, 2.45) is 0 Å². The summed E-state index contributed by atoms with van der Waals surface area (Å²) in [7, 11) is 0. The Morgan fingerprint density at radius 2 is 2.36 bits per heavy atom. The predicted molar refractivity (Wildman–Crippen MR) is 79.1 cm³/mol. The molecule has 4 rings (SSSR count). The monoisotopic (exact) mass is 299 g/mol. The lowest BCUT2D eigenvalue weighted by Gasteiger charge is -2.33. The quantitative estimate of drug-likeness (QED) is 0.794. The molecule has 1 saturated heterocycles. The standard InChI is InChI=1S/C15H17N5O2/c1-10-17-15(22-19-10)14-9-21-5-4-20(14)8-11-2-3-12-7-16-18-13(12)6-11/h2-3,6-7,14H,4-5,8-9H2,1H3,(H,16,18)/t14-/m1/s1. The van der Waals surface area contributed by atoms with E-state index in [4.69, 9.17) is 9.26 Å². The van der Waals surface area contributed by atoms with Crippen LogP contribution in [0.3, 0.4) is 0 Å². The van der Waals surface area contributed by atoms with Gasteiger partial charge in [-0.05, 0) is 18.6 Å². The number of nitrogens with one attached hydrogen (secondary N) is 1. The summed E-state index contributed by atoms with van der Waals surface area (Å²) in [5.74, 6) is 1.28. The highest BCUT2D eigenvalue weighted by atomic mass is 16.5. The van der Waals surface area contributed by atoms with Crippen molar-refractivity contribution in [1.29, 1.82) is 0 Å². The molecule has 3 aromatic rings. The Kier molecular flexibility index (Phi) is 3.36. The average molecular weight is 299 g/mol. The lowest BCUT2D eigenvalue weighted by Crippen LogP contribution is -2.39. The first-order valence-electron chi connectivity index (χ1n) is 7.33. The maximum absolute atomic E-state index is 5.59. The van der Waals surface area contributed by atoms with Crippen LogP contribution in [0.1, 0.15) is 23.3 Å². The van der Waals surface area contributed by atoms with Crippen molar-refractivity contribution >= 4 is 10.9 Å². The second-order valence-corrected chi connectivity index (χ2v) is 5.53. The Morgan fingerprint density at radius 3 is 3.23 bits per heavy atom. The molecule has 7 nitrogen and oxygen atoms in total. The second kappa shape index (κ2) is 5.51. The lowest BCUT2D eigenvalue weighted by molar-refractivity contribution is -0.0240. The number of H-pyrrole nitrogens is 1. The molecule has 22 heavy (non-hydrogen) atoms. The minimum Gasteiger partial charge on any atom is -0.378 e. The Hall–Kier alpha value is -2.25. The highest BCUT2D eigenvalue weighted by molar-refractivity contribution is 5.78. The van der Waals surface area contributed by atoms with Crippen molar-refractivity contribution in [1.82, 2.24) is 25.2 Å². The zero-order valence-electron chi connectivity index (χ0n) is 12.3. The molecule has 2 aromatic heterocycles. The summed E-state index contributed by atoms with van der Waals surface area (Å²) in [5.41, 5.74) is 2.27. The summed E-state index contributed by atoms with van der Waals surface area (Å²) >= 11 is 0. The van der Waals surface area contributed by atoms with Crippen molar-refractivity contribution in [3.05, 3.63) is 41.7 Å². The van der Waals surface area contributed by atoms with E-state index in [2.05, 4.69) is 43.4 Å². The van der Waals surface area contributed by atoms with Crippen molar-refractivity contribution in [3.63, 3.8) is 0 Å². The number of fused-ring (bicyclic) bond motifs is 1. The molecule has 1 aliphatic rings. The van der Waals surface area contributed by atoms with Gasteiger partial charge in [0.15, 0.2) is 5.82 Å². The van der Waals surface area contributed by atoms with E-state index in [0.29, 0.717) is 18.3 Å². The summed E-state index contributed by atoms with van der Waals surface area (Å²) in [6.45, 7) is 4.77. The fourth-order valence-corrected chi connectivity index (χ4v) is 2.82. The van der Waals surface area contributed by atoms with Gasteiger partial charge >= 0.3 is 0 Å². The first-order valence-corrected chi connectivity index (χ1v) is 7.33. The largest absolute Gasteiger partial charge is 0.378 e. The van der Waals surface area contributed by atoms with Crippen LogP contribution in [0.25, 0.3) is 10.9 Å². The van der Waals surface area contributed by atoms with Crippen LogP contribution in [-0.4, -0.2) is 45.0 Å². The third-order valence-electron chi connectivity index (χ3n) is 3.96. The number of benzene rings is 1. The number of hydrogen-bond donors (Lipinski definition) is 1. The number of morpholine rings is 1. The van der Waals surface area contributed by atoms with Crippen molar-refractivity contribution in [3.8, 4) is 0 Å². The maximum Gasteiger partial charge on any atom is 0.246 e. The summed E-state index contributed by atoms with van der Waals surface area (Å²) < 4.78 is 10.9.